The molecule has 1 saturated heterocycles. The second-order valence-electron chi connectivity index (χ2n) is 9.10. The first-order valence-corrected chi connectivity index (χ1v) is 12.9. The van der Waals surface area contributed by atoms with Crippen LogP contribution in [-0.2, 0) is 20.7 Å². The third-order valence-electron chi connectivity index (χ3n) is 6.61. The van der Waals surface area contributed by atoms with Crippen molar-refractivity contribution in [1.29, 1.82) is 5.26 Å². The molecule has 9 heteroatoms. The topological polar surface area (TPSA) is 90.6 Å². The first kappa shape index (κ1) is 27.6. The van der Waals surface area contributed by atoms with Crippen molar-refractivity contribution in [2.24, 2.45) is 0 Å². The Bertz CT molecular complexity index is 1360. The van der Waals surface area contributed by atoms with Gasteiger partial charge in [-0.1, -0.05) is 66.9 Å². The van der Waals surface area contributed by atoms with Gasteiger partial charge in [-0.3, -0.25) is 4.79 Å². The van der Waals surface area contributed by atoms with E-state index in [1.807, 2.05) is 13.0 Å². The summed E-state index contributed by atoms with van der Waals surface area (Å²) in [7, 11) is 0. The van der Waals surface area contributed by atoms with Crippen LogP contribution < -0.4 is 0 Å². The summed E-state index contributed by atoms with van der Waals surface area (Å²) in [5.41, 5.74) is 1.66. The highest BCUT2D eigenvalue weighted by atomic mass is 35.5. The summed E-state index contributed by atoms with van der Waals surface area (Å²) in [6, 6.07) is 17.7. The quantitative estimate of drug-likeness (QED) is 0.342. The van der Waals surface area contributed by atoms with Crippen molar-refractivity contribution in [2.75, 3.05) is 0 Å². The van der Waals surface area contributed by atoms with Crippen LogP contribution in [0.3, 0.4) is 0 Å². The second kappa shape index (κ2) is 12.0. The van der Waals surface area contributed by atoms with Crippen molar-refractivity contribution in [1.82, 2.24) is 4.90 Å². The largest absolute Gasteiger partial charge is 0.480 e. The minimum Gasteiger partial charge on any atom is -0.480 e. The monoisotopic (exact) mass is 554 g/mol. The van der Waals surface area contributed by atoms with Crippen molar-refractivity contribution in [3.05, 3.63) is 105 Å². The van der Waals surface area contributed by atoms with Crippen molar-refractivity contribution in [2.45, 2.75) is 50.5 Å². The van der Waals surface area contributed by atoms with E-state index in [2.05, 4.69) is 0 Å². The Morgan fingerprint density at radius 2 is 1.68 bits per heavy atom. The molecule has 0 aliphatic carbocycles. The molecule has 1 aliphatic rings. The van der Waals surface area contributed by atoms with Gasteiger partial charge in [0.2, 0.25) is 0 Å². The fourth-order valence-corrected chi connectivity index (χ4v) is 5.04. The van der Waals surface area contributed by atoms with Crippen LogP contribution in [0.2, 0.25) is 10.0 Å². The highest BCUT2D eigenvalue weighted by Gasteiger charge is 2.48. The van der Waals surface area contributed by atoms with Gasteiger partial charge in [-0.05, 0) is 59.5 Å². The number of nitriles is 1. The van der Waals surface area contributed by atoms with E-state index in [0.717, 1.165) is 6.07 Å². The van der Waals surface area contributed by atoms with Gasteiger partial charge in [-0.15, -0.1) is 0 Å². The predicted molar refractivity (Wildman–Crippen MR) is 141 cm³/mol. The van der Waals surface area contributed by atoms with Gasteiger partial charge in [0.25, 0.3) is 5.91 Å². The summed E-state index contributed by atoms with van der Waals surface area (Å²) in [5.74, 6) is -2.34. The Morgan fingerprint density at radius 1 is 1.08 bits per heavy atom. The molecule has 0 unspecified atom stereocenters. The van der Waals surface area contributed by atoms with Crippen LogP contribution in [0, 0.1) is 17.1 Å². The number of benzene rings is 3. The van der Waals surface area contributed by atoms with Gasteiger partial charge in [0.05, 0.1) is 17.7 Å². The number of halogens is 3. The summed E-state index contributed by atoms with van der Waals surface area (Å²) >= 11 is 12.2. The Balaban J connectivity index is 1.85. The molecule has 0 aromatic heterocycles. The third-order valence-corrected chi connectivity index (χ3v) is 7.11. The maximum atomic E-state index is 14.8. The van der Waals surface area contributed by atoms with Crippen molar-refractivity contribution >= 4 is 35.1 Å². The van der Waals surface area contributed by atoms with E-state index >= 15 is 0 Å². The molecule has 0 radical (unpaired) electrons. The van der Waals surface area contributed by atoms with Gasteiger partial charge < -0.3 is 14.7 Å². The fourth-order valence-electron chi connectivity index (χ4n) is 4.79. The van der Waals surface area contributed by atoms with Crippen LogP contribution in [0.1, 0.15) is 54.2 Å². The zero-order valence-electron chi connectivity index (χ0n) is 20.5. The van der Waals surface area contributed by atoms with E-state index in [0.29, 0.717) is 27.6 Å². The Hall–Kier alpha value is -3.44. The average Bonchev–Trinajstić information content (AvgIpc) is 2.90. The van der Waals surface area contributed by atoms with E-state index in [1.54, 1.807) is 48.5 Å². The van der Waals surface area contributed by atoms with Crippen LogP contribution in [0.5, 0.6) is 0 Å². The molecular weight excluding hydrogens is 530 g/mol. The molecule has 3 aromatic carbocycles. The molecular formula is C29H25Cl2FN2O4. The first-order chi connectivity index (χ1) is 18.2. The summed E-state index contributed by atoms with van der Waals surface area (Å²) in [6.45, 7) is 1.85. The molecule has 1 fully saturated rings. The Labute approximate surface area is 230 Å². The van der Waals surface area contributed by atoms with Crippen LogP contribution in [0.4, 0.5) is 4.39 Å². The van der Waals surface area contributed by atoms with Gasteiger partial charge in [0, 0.05) is 16.5 Å². The number of carboxylic acid groups (broad SMARTS) is 1. The highest BCUT2D eigenvalue weighted by molar-refractivity contribution is 6.30. The van der Waals surface area contributed by atoms with E-state index in [4.69, 9.17) is 33.2 Å². The van der Waals surface area contributed by atoms with E-state index < -0.39 is 42.0 Å². The molecule has 0 bridgehead atoms. The third kappa shape index (κ3) is 5.83. The first-order valence-electron chi connectivity index (χ1n) is 12.1. The SMILES string of the molecule is CCC[C@H](C(=O)O)N1C(=O)[C@H](Cc2ccc(C#N)cc2F)O[C@@H](c2ccc(Cl)cc2)[C@H]1c1ccc(Cl)cc1. The van der Waals surface area contributed by atoms with Crippen LogP contribution in [0.15, 0.2) is 66.7 Å². The minimum absolute atomic E-state index is 0.136. The number of carbonyl (C=O) groups is 2. The number of morpholine rings is 1. The Morgan fingerprint density at radius 3 is 2.21 bits per heavy atom. The number of carbonyl (C=O) groups excluding carboxylic acids is 1. The Kier molecular flexibility index (Phi) is 8.68. The molecule has 38 heavy (non-hydrogen) atoms. The lowest BCUT2D eigenvalue weighted by atomic mass is 9.88. The maximum Gasteiger partial charge on any atom is 0.326 e. The lowest BCUT2D eigenvalue weighted by Gasteiger charge is -2.47. The molecule has 1 aliphatic heterocycles. The molecule has 196 valence electrons. The summed E-state index contributed by atoms with van der Waals surface area (Å²) in [6.07, 6.45) is -1.34. The molecule has 0 saturated carbocycles. The lowest BCUT2D eigenvalue weighted by molar-refractivity contribution is -0.184. The number of ether oxygens (including phenoxy) is 1. The van der Waals surface area contributed by atoms with E-state index in [9.17, 15) is 19.1 Å². The number of hydrogen-bond donors (Lipinski definition) is 1. The molecule has 4 atom stereocenters. The molecule has 1 N–H and O–H groups in total. The highest BCUT2D eigenvalue weighted by Crippen LogP contribution is 2.44. The number of aliphatic carboxylic acids is 1. The number of rotatable bonds is 8. The molecule has 6 nitrogen and oxygen atoms in total. The summed E-state index contributed by atoms with van der Waals surface area (Å²) in [5, 5.41) is 20.3. The van der Waals surface area contributed by atoms with Gasteiger partial charge in [-0.25, -0.2) is 9.18 Å². The lowest BCUT2D eigenvalue weighted by Crippen LogP contribution is -2.57. The van der Waals surface area contributed by atoms with E-state index in [1.165, 1.54) is 17.0 Å². The van der Waals surface area contributed by atoms with Gasteiger partial charge >= 0.3 is 5.97 Å². The maximum absolute atomic E-state index is 14.8. The fraction of sp³-hybridized carbons (Fsp3) is 0.276. The molecule has 1 amide bonds. The van der Waals surface area contributed by atoms with Gasteiger partial charge in [0.1, 0.15) is 24.1 Å². The summed E-state index contributed by atoms with van der Waals surface area (Å²) < 4.78 is 21.2. The van der Waals surface area contributed by atoms with Crippen LogP contribution in [-0.4, -0.2) is 34.0 Å². The van der Waals surface area contributed by atoms with E-state index in [-0.39, 0.29) is 24.0 Å². The summed E-state index contributed by atoms with van der Waals surface area (Å²) in [4.78, 5) is 27.8. The van der Waals surface area contributed by atoms with Gasteiger partial charge in [-0.2, -0.15) is 5.26 Å². The van der Waals surface area contributed by atoms with Crippen molar-refractivity contribution in [3.63, 3.8) is 0 Å². The standard InChI is InChI=1S/C29H25Cl2FN2O4/c1-2-3-24(29(36)37)34-26(18-6-10-21(30)11-7-18)27(19-8-12-22(31)13-9-19)38-25(28(34)35)15-20-5-4-17(16-33)14-23(20)32/h4-14,24-27H,2-3,15H2,1H3,(H,36,37)/t24-,25+,26-,27+/m1/s1. The molecule has 3 aromatic rings. The number of carboxylic acids is 1. The second-order valence-corrected chi connectivity index (χ2v) is 9.98. The van der Waals surface area contributed by atoms with Crippen molar-refractivity contribution < 1.29 is 23.8 Å². The van der Waals surface area contributed by atoms with Crippen LogP contribution in [0.25, 0.3) is 0 Å². The smallest absolute Gasteiger partial charge is 0.326 e. The molecule has 0 spiro atoms. The predicted octanol–water partition coefficient (Wildman–Crippen LogP) is 6.51. The number of nitrogens with zero attached hydrogens (tertiary/aromatic N) is 2. The zero-order valence-corrected chi connectivity index (χ0v) is 22.0. The van der Waals surface area contributed by atoms with Crippen molar-refractivity contribution in [3.8, 4) is 6.07 Å². The van der Waals surface area contributed by atoms with Crippen LogP contribution >= 0.6 is 23.2 Å². The zero-order chi connectivity index (χ0) is 27.4. The number of hydrogen-bond acceptors (Lipinski definition) is 4. The van der Waals surface area contributed by atoms with Gasteiger partial charge in [0.15, 0.2) is 0 Å². The molecule has 1 heterocycles. The number of amides is 1. The molecule has 4 rings (SSSR count). The minimum atomic E-state index is -1.17. The average molecular weight is 555 g/mol. The normalized spacial score (nSPS) is 20.1.